The number of nitrogen functional groups attached to an aromatic ring is 1. The predicted octanol–water partition coefficient (Wildman–Crippen LogP) is 4.66. The number of hydrogen-bond acceptors (Lipinski definition) is 2. The first kappa shape index (κ1) is 13.6. The van der Waals surface area contributed by atoms with E-state index >= 15 is 0 Å². The first-order valence-electron chi connectivity index (χ1n) is 6.33. The quantitative estimate of drug-likeness (QED) is 0.767. The highest BCUT2D eigenvalue weighted by molar-refractivity contribution is 9.10. The van der Waals surface area contributed by atoms with Crippen LogP contribution in [0.2, 0.25) is 0 Å². The zero-order valence-corrected chi connectivity index (χ0v) is 13.1. The fourth-order valence-corrected chi connectivity index (χ4v) is 3.84. The topological polar surface area (TPSA) is 38.9 Å². The van der Waals surface area contributed by atoms with Crippen LogP contribution in [0.1, 0.15) is 46.1 Å². The number of nitrogens with zero attached hydrogens (tertiary/aromatic N) is 1. The second-order valence-electron chi connectivity index (χ2n) is 6.75. The van der Waals surface area contributed by atoms with E-state index in [0.29, 0.717) is 11.2 Å². The maximum Gasteiger partial charge on any atom is 0.124 e. The van der Waals surface area contributed by atoms with Crippen molar-refractivity contribution in [3.63, 3.8) is 0 Å². The molecule has 2 nitrogen and oxygen atoms in total. The van der Waals surface area contributed by atoms with Crippen LogP contribution >= 0.6 is 15.9 Å². The monoisotopic (exact) mass is 308 g/mol. The molecule has 1 aliphatic carbocycles. The van der Waals surface area contributed by atoms with E-state index < -0.39 is 0 Å². The molecule has 0 amide bonds. The molecule has 1 heterocycles. The van der Waals surface area contributed by atoms with Gasteiger partial charge in [0.15, 0.2) is 0 Å². The second-order valence-corrected chi connectivity index (χ2v) is 7.50. The van der Waals surface area contributed by atoms with Gasteiger partial charge in [-0.25, -0.2) is 4.98 Å². The van der Waals surface area contributed by atoms with Crippen LogP contribution in [0.4, 0.5) is 5.82 Å². The summed E-state index contributed by atoms with van der Waals surface area (Å²) in [5, 5.41) is 0. The molecular weight excluding hydrogens is 288 g/mol. The van der Waals surface area contributed by atoms with E-state index in [0.717, 1.165) is 11.0 Å². The molecule has 1 aromatic heterocycles. The zero-order valence-electron chi connectivity index (χ0n) is 11.5. The molecule has 0 bridgehead atoms. The number of anilines is 1. The first-order valence-corrected chi connectivity index (χ1v) is 7.12. The van der Waals surface area contributed by atoms with Crippen LogP contribution in [-0.2, 0) is 0 Å². The Morgan fingerprint density at radius 1 is 1.22 bits per heavy atom. The lowest BCUT2D eigenvalue weighted by Gasteiger charge is -2.39. The number of hydrogen-bond donors (Lipinski definition) is 1. The average molecular weight is 309 g/mol. The Hall–Kier alpha value is -0.830. The van der Waals surface area contributed by atoms with Gasteiger partial charge in [0.2, 0.25) is 0 Å². The van der Waals surface area contributed by atoms with Gasteiger partial charge in [-0.15, -0.1) is 0 Å². The molecule has 1 aromatic rings. The predicted molar refractivity (Wildman–Crippen MR) is 81.1 cm³/mol. The minimum absolute atomic E-state index is 0.234. The summed E-state index contributed by atoms with van der Waals surface area (Å²) in [5.41, 5.74) is 8.81. The summed E-state index contributed by atoms with van der Waals surface area (Å²) in [4.78, 5) is 4.30. The standard InChI is InChI=1S/C15H21BrN2/c1-14(2)7-10(8-15(3,4)9-14)11-5-6-12(17)18-13(11)16/h5-7H,8-9H2,1-4H3,(H2,17,18). The molecule has 0 saturated heterocycles. The van der Waals surface area contributed by atoms with E-state index in [4.69, 9.17) is 5.73 Å². The summed E-state index contributed by atoms with van der Waals surface area (Å²) >= 11 is 3.53. The van der Waals surface area contributed by atoms with Gasteiger partial charge in [0.05, 0.1) is 0 Å². The minimum Gasteiger partial charge on any atom is -0.384 e. The fourth-order valence-electron chi connectivity index (χ4n) is 3.25. The third-order valence-corrected chi connectivity index (χ3v) is 3.99. The Morgan fingerprint density at radius 3 is 2.44 bits per heavy atom. The summed E-state index contributed by atoms with van der Waals surface area (Å²) in [6, 6.07) is 3.94. The summed E-state index contributed by atoms with van der Waals surface area (Å²) < 4.78 is 0.849. The van der Waals surface area contributed by atoms with Gasteiger partial charge in [-0.1, -0.05) is 33.8 Å². The highest BCUT2D eigenvalue weighted by atomic mass is 79.9. The highest BCUT2D eigenvalue weighted by Gasteiger charge is 2.33. The summed E-state index contributed by atoms with van der Waals surface area (Å²) in [5.74, 6) is 0.556. The van der Waals surface area contributed by atoms with E-state index in [-0.39, 0.29) is 5.41 Å². The molecule has 0 unspecified atom stereocenters. The van der Waals surface area contributed by atoms with Crippen molar-refractivity contribution < 1.29 is 0 Å². The normalized spacial score (nSPS) is 21.5. The molecule has 1 aliphatic rings. The number of rotatable bonds is 1. The van der Waals surface area contributed by atoms with Crippen molar-refractivity contribution >= 4 is 27.3 Å². The summed E-state index contributed by atoms with van der Waals surface area (Å²) in [6.07, 6.45) is 4.68. The molecule has 0 aromatic carbocycles. The summed E-state index contributed by atoms with van der Waals surface area (Å²) in [7, 11) is 0. The van der Waals surface area contributed by atoms with Gasteiger partial charge < -0.3 is 5.73 Å². The van der Waals surface area contributed by atoms with Crippen molar-refractivity contribution in [3.8, 4) is 0 Å². The molecule has 2 N–H and O–H groups in total. The van der Waals surface area contributed by atoms with Crippen LogP contribution < -0.4 is 5.73 Å². The van der Waals surface area contributed by atoms with Gasteiger partial charge in [0.1, 0.15) is 10.4 Å². The van der Waals surface area contributed by atoms with Gasteiger partial charge in [0, 0.05) is 5.56 Å². The van der Waals surface area contributed by atoms with Gasteiger partial charge in [-0.05, 0) is 57.3 Å². The van der Waals surface area contributed by atoms with Gasteiger partial charge in [-0.3, -0.25) is 0 Å². The Kier molecular flexibility index (Phi) is 3.30. The Bertz CT molecular complexity index is 501. The Balaban J connectivity index is 2.46. The first-order chi connectivity index (χ1) is 8.19. The molecule has 0 spiro atoms. The van der Waals surface area contributed by atoms with Crippen molar-refractivity contribution in [3.05, 3.63) is 28.4 Å². The third-order valence-electron chi connectivity index (χ3n) is 3.38. The molecular formula is C15H21BrN2. The SMILES string of the molecule is CC1(C)C=C(c2ccc(N)nc2Br)CC(C)(C)C1. The van der Waals surface area contributed by atoms with E-state index in [1.807, 2.05) is 6.07 Å². The average Bonchev–Trinajstić information content (AvgIpc) is 2.11. The third kappa shape index (κ3) is 2.94. The van der Waals surface area contributed by atoms with Gasteiger partial charge >= 0.3 is 0 Å². The largest absolute Gasteiger partial charge is 0.384 e. The number of pyridine rings is 1. The van der Waals surface area contributed by atoms with E-state index in [1.54, 1.807) is 0 Å². The lowest BCUT2D eigenvalue weighted by Crippen LogP contribution is -2.26. The Morgan fingerprint density at radius 2 is 1.89 bits per heavy atom. The maximum atomic E-state index is 5.70. The molecule has 0 fully saturated rings. The van der Waals surface area contributed by atoms with E-state index in [1.165, 1.54) is 17.6 Å². The lowest BCUT2D eigenvalue weighted by molar-refractivity contribution is 0.228. The Labute approximate surface area is 118 Å². The maximum absolute atomic E-state index is 5.70. The molecule has 0 radical (unpaired) electrons. The summed E-state index contributed by atoms with van der Waals surface area (Å²) in [6.45, 7) is 9.26. The van der Waals surface area contributed by atoms with Crippen LogP contribution in [0.5, 0.6) is 0 Å². The zero-order chi connectivity index (χ0) is 13.6. The van der Waals surface area contributed by atoms with Crippen molar-refractivity contribution in [2.24, 2.45) is 10.8 Å². The van der Waals surface area contributed by atoms with Crippen LogP contribution in [0.3, 0.4) is 0 Å². The van der Waals surface area contributed by atoms with Crippen LogP contribution in [0.15, 0.2) is 22.8 Å². The van der Waals surface area contributed by atoms with Crippen molar-refractivity contribution in [2.75, 3.05) is 5.73 Å². The van der Waals surface area contributed by atoms with E-state index in [9.17, 15) is 0 Å². The fraction of sp³-hybridized carbons (Fsp3) is 0.533. The van der Waals surface area contributed by atoms with Crippen LogP contribution in [-0.4, -0.2) is 4.98 Å². The number of halogens is 1. The van der Waals surface area contributed by atoms with Gasteiger partial charge in [0.25, 0.3) is 0 Å². The molecule has 98 valence electrons. The van der Waals surface area contributed by atoms with Crippen molar-refractivity contribution in [1.82, 2.24) is 4.98 Å². The molecule has 3 heteroatoms. The number of allylic oxidation sites excluding steroid dienone is 2. The molecule has 18 heavy (non-hydrogen) atoms. The minimum atomic E-state index is 0.234. The molecule has 0 aliphatic heterocycles. The molecule has 0 saturated carbocycles. The van der Waals surface area contributed by atoms with Crippen LogP contribution in [0.25, 0.3) is 5.57 Å². The van der Waals surface area contributed by atoms with Crippen molar-refractivity contribution in [1.29, 1.82) is 0 Å². The lowest BCUT2D eigenvalue weighted by atomic mass is 9.66. The smallest absolute Gasteiger partial charge is 0.124 e. The molecule has 0 atom stereocenters. The second kappa shape index (κ2) is 4.37. The number of nitrogens with two attached hydrogens (primary N) is 1. The van der Waals surface area contributed by atoms with E-state index in [2.05, 4.69) is 60.8 Å². The highest BCUT2D eigenvalue weighted by Crippen LogP contribution is 2.48. The molecule has 2 rings (SSSR count). The van der Waals surface area contributed by atoms with Gasteiger partial charge in [-0.2, -0.15) is 0 Å². The van der Waals surface area contributed by atoms with Crippen molar-refractivity contribution in [2.45, 2.75) is 40.5 Å². The van der Waals surface area contributed by atoms with Crippen LogP contribution in [0, 0.1) is 10.8 Å². The number of aromatic nitrogens is 1.